The Kier molecular flexibility index (Phi) is 5.81. The molecular formula is C16H20N4O2S. The number of carbonyl (C=O) groups is 2. The van der Waals surface area contributed by atoms with E-state index in [0.717, 1.165) is 10.6 Å². The molecule has 0 radical (unpaired) electrons. The van der Waals surface area contributed by atoms with Gasteiger partial charge in [0, 0.05) is 12.8 Å². The lowest BCUT2D eigenvalue weighted by Gasteiger charge is -2.17. The molecule has 0 spiro atoms. The van der Waals surface area contributed by atoms with Crippen LogP contribution in [0.15, 0.2) is 30.3 Å². The largest absolute Gasteiger partial charge is 0.349 e. The third-order valence-electron chi connectivity index (χ3n) is 3.15. The molecule has 0 aliphatic heterocycles. The molecular weight excluding hydrogens is 312 g/mol. The van der Waals surface area contributed by atoms with E-state index < -0.39 is 0 Å². The van der Waals surface area contributed by atoms with Crippen molar-refractivity contribution < 1.29 is 9.59 Å². The van der Waals surface area contributed by atoms with Gasteiger partial charge in [0.2, 0.25) is 16.9 Å². The average molecular weight is 332 g/mol. The molecule has 0 saturated heterocycles. The SMILES string of the molecule is CC(=O)NC(CC(=O)Nc1nnc(C(C)C)s1)c1ccccc1. The van der Waals surface area contributed by atoms with Crippen molar-refractivity contribution in [2.24, 2.45) is 0 Å². The van der Waals surface area contributed by atoms with Crippen molar-refractivity contribution >= 4 is 28.3 Å². The quantitative estimate of drug-likeness (QED) is 0.852. The Labute approximate surface area is 139 Å². The number of nitrogens with zero attached hydrogens (tertiary/aromatic N) is 2. The number of aromatic nitrogens is 2. The molecule has 1 aromatic heterocycles. The zero-order chi connectivity index (χ0) is 16.8. The Morgan fingerprint density at radius 3 is 2.43 bits per heavy atom. The molecule has 1 atom stereocenters. The van der Waals surface area contributed by atoms with Gasteiger partial charge in [-0.3, -0.25) is 9.59 Å². The maximum Gasteiger partial charge on any atom is 0.228 e. The number of nitrogens with one attached hydrogen (secondary N) is 2. The molecule has 0 fully saturated rings. The molecule has 0 aliphatic carbocycles. The minimum absolute atomic E-state index is 0.139. The Balaban J connectivity index is 2.03. The highest BCUT2D eigenvalue weighted by atomic mass is 32.1. The Bertz CT molecular complexity index is 670. The zero-order valence-corrected chi connectivity index (χ0v) is 14.2. The van der Waals surface area contributed by atoms with Crippen molar-refractivity contribution in [1.29, 1.82) is 0 Å². The third-order valence-corrected chi connectivity index (χ3v) is 4.29. The van der Waals surface area contributed by atoms with E-state index in [1.807, 2.05) is 44.2 Å². The first-order valence-electron chi connectivity index (χ1n) is 7.41. The Hall–Kier alpha value is -2.28. The number of benzene rings is 1. The predicted octanol–water partition coefficient (Wildman–Crippen LogP) is 2.87. The zero-order valence-electron chi connectivity index (χ0n) is 13.4. The molecule has 23 heavy (non-hydrogen) atoms. The minimum atomic E-state index is -0.369. The summed E-state index contributed by atoms with van der Waals surface area (Å²) in [5.41, 5.74) is 0.887. The normalized spacial score (nSPS) is 12.0. The molecule has 1 aromatic carbocycles. The van der Waals surface area contributed by atoms with Gasteiger partial charge in [0.05, 0.1) is 12.5 Å². The van der Waals surface area contributed by atoms with Crippen LogP contribution >= 0.6 is 11.3 Å². The van der Waals surface area contributed by atoms with E-state index >= 15 is 0 Å². The summed E-state index contributed by atoms with van der Waals surface area (Å²) in [6, 6.07) is 9.05. The van der Waals surface area contributed by atoms with E-state index in [-0.39, 0.29) is 30.2 Å². The van der Waals surface area contributed by atoms with E-state index in [9.17, 15) is 9.59 Å². The average Bonchev–Trinajstić information content (AvgIpc) is 2.95. The Morgan fingerprint density at radius 1 is 1.17 bits per heavy atom. The topological polar surface area (TPSA) is 84.0 Å². The van der Waals surface area contributed by atoms with Gasteiger partial charge in [0.1, 0.15) is 5.01 Å². The van der Waals surface area contributed by atoms with Crippen LogP contribution in [0.2, 0.25) is 0 Å². The summed E-state index contributed by atoms with van der Waals surface area (Å²) in [7, 11) is 0. The van der Waals surface area contributed by atoms with Crippen LogP contribution in [0.1, 0.15) is 49.7 Å². The fourth-order valence-electron chi connectivity index (χ4n) is 2.06. The van der Waals surface area contributed by atoms with E-state index in [4.69, 9.17) is 0 Å². The van der Waals surface area contributed by atoms with Crippen LogP contribution in [0.25, 0.3) is 0 Å². The minimum Gasteiger partial charge on any atom is -0.349 e. The summed E-state index contributed by atoms with van der Waals surface area (Å²) < 4.78 is 0. The fraction of sp³-hybridized carbons (Fsp3) is 0.375. The van der Waals surface area contributed by atoms with Crippen molar-refractivity contribution in [3.8, 4) is 0 Å². The van der Waals surface area contributed by atoms with E-state index in [0.29, 0.717) is 5.13 Å². The summed E-state index contributed by atoms with van der Waals surface area (Å²) >= 11 is 1.36. The first kappa shape index (κ1) is 17.1. The fourth-order valence-corrected chi connectivity index (χ4v) is 2.82. The lowest BCUT2D eigenvalue weighted by atomic mass is 10.0. The summed E-state index contributed by atoms with van der Waals surface area (Å²) in [6.07, 6.45) is 0.139. The van der Waals surface area contributed by atoms with Crippen molar-refractivity contribution in [1.82, 2.24) is 15.5 Å². The summed E-state index contributed by atoms with van der Waals surface area (Å²) in [6.45, 7) is 5.48. The Morgan fingerprint density at radius 2 is 1.87 bits per heavy atom. The van der Waals surface area contributed by atoms with Crippen molar-refractivity contribution in [3.63, 3.8) is 0 Å². The van der Waals surface area contributed by atoms with Crippen LogP contribution in [-0.4, -0.2) is 22.0 Å². The lowest BCUT2D eigenvalue weighted by Crippen LogP contribution is -2.29. The molecule has 6 nitrogen and oxygen atoms in total. The first-order chi connectivity index (χ1) is 11.0. The highest BCUT2D eigenvalue weighted by molar-refractivity contribution is 7.15. The smallest absolute Gasteiger partial charge is 0.228 e. The molecule has 2 aromatic rings. The molecule has 2 amide bonds. The van der Waals surface area contributed by atoms with Gasteiger partial charge >= 0.3 is 0 Å². The van der Waals surface area contributed by atoms with Crippen LogP contribution in [0.3, 0.4) is 0 Å². The van der Waals surface area contributed by atoms with Gasteiger partial charge in [0.25, 0.3) is 0 Å². The molecule has 7 heteroatoms. The molecule has 1 unspecified atom stereocenters. The van der Waals surface area contributed by atoms with Gasteiger partial charge in [-0.15, -0.1) is 10.2 Å². The molecule has 1 heterocycles. The summed E-state index contributed by atoms with van der Waals surface area (Å²) in [4.78, 5) is 23.6. The number of anilines is 1. The van der Waals surface area contributed by atoms with Crippen LogP contribution in [-0.2, 0) is 9.59 Å². The second-order valence-electron chi connectivity index (χ2n) is 5.52. The van der Waals surface area contributed by atoms with Crippen molar-refractivity contribution in [2.75, 3.05) is 5.32 Å². The third kappa shape index (κ3) is 5.14. The van der Waals surface area contributed by atoms with Crippen molar-refractivity contribution in [3.05, 3.63) is 40.9 Å². The highest BCUT2D eigenvalue weighted by Gasteiger charge is 2.18. The number of hydrogen-bond donors (Lipinski definition) is 2. The lowest BCUT2D eigenvalue weighted by molar-refractivity contribution is -0.120. The maximum absolute atomic E-state index is 12.2. The summed E-state index contributed by atoms with van der Waals surface area (Å²) in [5.74, 6) is -0.113. The van der Waals surface area contributed by atoms with Crippen LogP contribution in [0.5, 0.6) is 0 Å². The molecule has 0 saturated carbocycles. The van der Waals surface area contributed by atoms with E-state index in [1.54, 1.807) is 0 Å². The molecule has 122 valence electrons. The molecule has 2 rings (SSSR count). The number of amides is 2. The second-order valence-corrected chi connectivity index (χ2v) is 6.53. The number of carbonyl (C=O) groups excluding carboxylic acids is 2. The second kappa shape index (κ2) is 7.82. The van der Waals surface area contributed by atoms with Gasteiger partial charge in [0.15, 0.2) is 0 Å². The molecule has 0 aliphatic rings. The predicted molar refractivity (Wildman–Crippen MR) is 90.2 cm³/mol. The monoisotopic (exact) mass is 332 g/mol. The van der Waals surface area contributed by atoms with Gasteiger partial charge in [-0.2, -0.15) is 0 Å². The highest BCUT2D eigenvalue weighted by Crippen LogP contribution is 2.23. The number of rotatable bonds is 6. The molecule has 0 bridgehead atoms. The van der Waals surface area contributed by atoms with Gasteiger partial charge in [-0.25, -0.2) is 0 Å². The van der Waals surface area contributed by atoms with Crippen molar-refractivity contribution in [2.45, 2.75) is 39.2 Å². The number of hydrogen-bond acceptors (Lipinski definition) is 5. The van der Waals surface area contributed by atoms with E-state index in [2.05, 4.69) is 20.8 Å². The van der Waals surface area contributed by atoms with Gasteiger partial charge in [-0.05, 0) is 5.56 Å². The van der Waals surface area contributed by atoms with Crippen LogP contribution in [0, 0.1) is 0 Å². The molecule has 2 N–H and O–H groups in total. The maximum atomic E-state index is 12.2. The van der Waals surface area contributed by atoms with Crippen LogP contribution < -0.4 is 10.6 Å². The van der Waals surface area contributed by atoms with Gasteiger partial charge in [-0.1, -0.05) is 55.5 Å². The van der Waals surface area contributed by atoms with E-state index in [1.165, 1.54) is 18.3 Å². The summed E-state index contributed by atoms with van der Waals surface area (Å²) in [5, 5.41) is 14.9. The standard InChI is InChI=1S/C16H20N4O2S/c1-10(2)15-19-20-16(23-15)18-14(22)9-13(17-11(3)21)12-7-5-4-6-8-12/h4-8,10,13H,9H2,1-3H3,(H,17,21)(H,18,20,22). The van der Waals surface area contributed by atoms with Crippen LogP contribution in [0.4, 0.5) is 5.13 Å². The van der Waals surface area contributed by atoms with Gasteiger partial charge < -0.3 is 10.6 Å². The first-order valence-corrected chi connectivity index (χ1v) is 8.22.